The van der Waals surface area contributed by atoms with Gasteiger partial charge in [-0.25, -0.2) is 18.4 Å². The monoisotopic (exact) mass is 789 g/mol. The second-order valence-electron chi connectivity index (χ2n) is 13.9. The van der Waals surface area contributed by atoms with E-state index in [4.69, 9.17) is 13.9 Å². The minimum absolute atomic E-state index is 0.0522. The number of halogens is 5. The first-order valence-corrected chi connectivity index (χ1v) is 18.0. The quantitative estimate of drug-likeness (QED) is 0.175. The van der Waals surface area contributed by atoms with E-state index in [0.29, 0.717) is 27.3 Å². The number of piperidine rings is 1. The lowest BCUT2D eigenvalue weighted by Gasteiger charge is -2.35. The lowest BCUT2D eigenvalue weighted by molar-refractivity contribution is -0.274. The Labute approximate surface area is 316 Å². The number of hydrogen-bond acceptors (Lipinski definition) is 10. The standard InChI is InChI=1S/C37H36F5N5O7S/c1-35(2,3)54-33(49)43-27-20-55-29-14-11-24(15-28(29)47(32(27)48)17-22-9-12-26(13-10-22)53-37(40,41)42)30-44-45-31(52-30)25-16-36(38,39)21-46(18-25)34(50)51-19-23-7-5-4-6-8-23/h4-15,25,27H,16-21H2,1-3H3,(H,43,49)/t25?,27-/m0/s1. The number of likely N-dealkylation sites (tertiary alicyclic amines) is 1. The van der Waals surface area contributed by atoms with Crippen LogP contribution in [0.2, 0.25) is 0 Å². The highest BCUT2D eigenvalue weighted by Crippen LogP contribution is 2.40. The number of carbonyl (C=O) groups is 3. The second kappa shape index (κ2) is 15.8. The molecule has 12 nitrogen and oxygen atoms in total. The smallest absolute Gasteiger partial charge is 0.445 e. The predicted molar refractivity (Wildman–Crippen MR) is 188 cm³/mol. The van der Waals surface area contributed by atoms with Crippen molar-refractivity contribution in [3.05, 3.63) is 89.8 Å². The topological polar surface area (TPSA) is 136 Å². The van der Waals surface area contributed by atoms with Gasteiger partial charge in [-0.15, -0.1) is 35.1 Å². The van der Waals surface area contributed by atoms with Crippen molar-refractivity contribution in [3.63, 3.8) is 0 Å². The van der Waals surface area contributed by atoms with Crippen LogP contribution in [0.15, 0.2) is 82.1 Å². The summed E-state index contributed by atoms with van der Waals surface area (Å²) in [7, 11) is 0. The van der Waals surface area contributed by atoms with Crippen molar-refractivity contribution in [1.82, 2.24) is 20.4 Å². The first kappa shape index (κ1) is 39.3. The Morgan fingerprint density at radius 3 is 2.42 bits per heavy atom. The molecule has 1 N–H and O–H groups in total. The number of hydrogen-bond donors (Lipinski definition) is 1. The number of benzene rings is 3. The van der Waals surface area contributed by atoms with E-state index in [1.807, 2.05) is 0 Å². The van der Waals surface area contributed by atoms with Crippen LogP contribution in [-0.4, -0.2) is 76.0 Å². The molecule has 1 unspecified atom stereocenters. The number of carbonyl (C=O) groups excluding carboxylic acids is 3. The van der Waals surface area contributed by atoms with Gasteiger partial charge in [0.2, 0.25) is 11.8 Å². The first-order valence-electron chi connectivity index (χ1n) is 17.0. The summed E-state index contributed by atoms with van der Waals surface area (Å²) >= 11 is 1.26. The Balaban J connectivity index is 1.25. The van der Waals surface area contributed by atoms with E-state index >= 15 is 0 Å². The Hall–Kier alpha value is -5.39. The van der Waals surface area contributed by atoms with E-state index in [1.54, 1.807) is 69.3 Å². The molecule has 0 radical (unpaired) electrons. The summed E-state index contributed by atoms with van der Waals surface area (Å²) in [6.45, 7) is 3.79. The zero-order valence-electron chi connectivity index (χ0n) is 29.8. The predicted octanol–water partition coefficient (Wildman–Crippen LogP) is 7.93. The van der Waals surface area contributed by atoms with Gasteiger partial charge in [-0.2, -0.15) is 0 Å². The van der Waals surface area contributed by atoms with E-state index in [-0.39, 0.29) is 37.2 Å². The van der Waals surface area contributed by atoms with Crippen LogP contribution in [-0.2, 0) is 27.4 Å². The van der Waals surface area contributed by atoms with Crippen LogP contribution in [0, 0.1) is 0 Å². The van der Waals surface area contributed by atoms with Crippen molar-refractivity contribution in [2.75, 3.05) is 23.7 Å². The molecule has 4 aromatic rings. The molecule has 18 heteroatoms. The largest absolute Gasteiger partial charge is 0.573 e. The Bertz CT molecular complexity index is 2010. The molecule has 3 aromatic carbocycles. The van der Waals surface area contributed by atoms with E-state index in [0.717, 1.165) is 17.0 Å². The molecule has 3 amide bonds. The lowest BCUT2D eigenvalue weighted by Crippen LogP contribution is -2.50. The molecule has 0 aliphatic carbocycles. The van der Waals surface area contributed by atoms with E-state index in [1.165, 1.54) is 28.8 Å². The summed E-state index contributed by atoms with van der Waals surface area (Å²) in [5.41, 5.74) is 0.967. The van der Waals surface area contributed by atoms with Gasteiger partial charge in [-0.3, -0.25) is 4.79 Å². The molecule has 0 bridgehead atoms. The average Bonchev–Trinajstić information content (AvgIpc) is 3.57. The van der Waals surface area contributed by atoms with Gasteiger partial charge >= 0.3 is 18.5 Å². The normalized spacial score (nSPS) is 18.6. The molecule has 2 atom stereocenters. The third kappa shape index (κ3) is 10.4. The third-order valence-corrected chi connectivity index (χ3v) is 9.47. The second-order valence-corrected chi connectivity index (χ2v) is 15.0. The minimum Gasteiger partial charge on any atom is -0.445 e. The van der Waals surface area contributed by atoms with E-state index in [2.05, 4.69) is 20.3 Å². The van der Waals surface area contributed by atoms with Gasteiger partial charge in [0.1, 0.15) is 24.0 Å². The van der Waals surface area contributed by atoms with Crippen LogP contribution in [0.5, 0.6) is 5.75 Å². The number of amides is 3. The van der Waals surface area contributed by atoms with E-state index in [9.17, 15) is 36.3 Å². The Kier molecular flexibility index (Phi) is 11.3. The third-order valence-electron chi connectivity index (χ3n) is 8.32. The van der Waals surface area contributed by atoms with Crippen LogP contribution < -0.4 is 15.0 Å². The van der Waals surface area contributed by atoms with Crippen LogP contribution in [0.3, 0.4) is 0 Å². The number of anilines is 1. The van der Waals surface area contributed by atoms with Gasteiger partial charge in [0.25, 0.3) is 11.8 Å². The molecular formula is C37H36F5N5O7S. The van der Waals surface area contributed by atoms with Crippen molar-refractivity contribution >= 4 is 35.5 Å². The Morgan fingerprint density at radius 1 is 1.00 bits per heavy atom. The molecular weight excluding hydrogens is 753 g/mol. The molecule has 0 saturated carbocycles. The maximum atomic E-state index is 14.9. The SMILES string of the molecule is CC(C)(C)OC(=O)N[C@H]1CSc2ccc(-c3nnc(C4CN(C(=O)OCc5ccccc5)CC(F)(F)C4)o3)cc2N(Cc2ccc(OC(F)(F)F)cc2)C1=O. The maximum Gasteiger partial charge on any atom is 0.573 e. The molecule has 3 heterocycles. The highest BCUT2D eigenvalue weighted by Gasteiger charge is 2.45. The molecule has 1 aromatic heterocycles. The van der Waals surface area contributed by atoms with Gasteiger partial charge < -0.3 is 33.7 Å². The van der Waals surface area contributed by atoms with Crippen molar-refractivity contribution in [2.24, 2.45) is 0 Å². The lowest BCUT2D eigenvalue weighted by atomic mass is 9.95. The summed E-state index contributed by atoms with van der Waals surface area (Å²) < 4.78 is 88.8. The van der Waals surface area contributed by atoms with Crippen molar-refractivity contribution in [1.29, 1.82) is 0 Å². The van der Waals surface area contributed by atoms with Crippen molar-refractivity contribution in [2.45, 2.75) is 75.1 Å². The van der Waals surface area contributed by atoms with Gasteiger partial charge in [0.15, 0.2) is 0 Å². The first-order chi connectivity index (χ1) is 25.9. The van der Waals surface area contributed by atoms with Crippen molar-refractivity contribution < 1.29 is 55.0 Å². The summed E-state index contributed by atoms with van der Waals surface area (Å²) in [4.78, 5) is 42.5. The van der Waals surface area contributed by atoms with Crippen LogP contribution in [0.4, 0.5) is 37.2 Å². The molecule has 292 valence electrons. The molecule has 2 aliphatic rings. The molecule has 0 spiro atoms. The highest BCUT2D eigenvalue weighted by atomic mass is 32.2. The number of aromatic nitrogens is 2. The molecule has 1 saturated heterocycles. The highest BCUT2D eigenvalue weighted by molar-refractivity contribution is 7.99. The molecule has 55 heavy (non-hydrogen) atoms. The summed E-state index contributed by atoms with van der Waals surface area (Å²) in [6.07, 6.45) is -7.28. The fourth-order valence-electron chi connectivity index (χ4n) is 5.96. The summed E-state index contributed by atoms with van der Waals surface area (Å²) in [6, 6.07) is 17.6. The summed E-state index contributed by atoms with van der Waals surface area (Å²) in [5.74, 6) is -5.35. The van der Waals surface area contributed by atoms with Gasteiger partial charge in [0.05, 0.1) is 24.7 Å². The number of nitrogens with zero attached hydrogens (tertiary/aromatic N) is 4. The zero-order chi connectivity index (χ0) is 39.5. The maximum absolute atomic E-state index is 14.9. The van der Waals surface area contributed by atoms with Crippen molar-refractivity contribution in [3.8, 4) is 17.2 Å². The number of alkyl carbamates (subject to hydrolysis) is 1. The Morgan fingerprint density at radius 2 is 1.73 bits per heavy atom. The zero-order valence-corrected chi connectivity index (χ0v) is 30.6. The van der Waals surface area contributed by atoms with Crippen LogP contribution in [0.25, 0.3) is 11.5 Å². The number of alkyl halides is 5. The number of nitrogens with one attached hydrogen (secondary N) is 1. The molecule has 2 aliphatic heterocycles. The van der Waals surface area contributed by atoms with Crippen LogP contribution >= 0.6 is 11.8 Å². The fourth-order valence-corrected chi connectivity index (χ4v) is 7.01. The van der Waals surface area contributed by atoms with Gasteiger partial charge in [-0.05, 0) is 62.2 Å². The number of rotatable bonds is 8. The number of thioether (sulfide) groups is 1. The van der Waals surface area contributed by atoms with E-state index < -0.39 is 66.7 Å². The molecule has 6 rings (SSSR count). The number of fused-ring (bicyclic) bond motifs is 1. The van der Waals surface area contributed by atoms with Gasteiger partial charge in [-0.1, -0.05) is 42.5 Å². The molecule has 1 fully saturated rings. The van der Waals surface area contributed by atoms with Gasteiger partial charge in [0, 0.05) is 29.2 Å². The fraction of sp³-hybridized carbons (Fsp3) is 0.378. The minimum atomic E-state index is -4.89. The number of ether oxygens (including phenoxy) is 3. The van der Waals surface area contributed by atoms with Crippen LogP contribution in [0.1, 0.15) is 50.1 Å². The average molecular weight is 790 g/mol. The summed E-state index contributed by atoms with van der Waals surface area (Å²) in [5, 5.41) is 10.8.